The molecule has 7 nitrogen and oxygen atoms in total. The lowest BCUT2D eigenvalue weighted by atomic mass is 10.2. The Bertz CT molecular complexity index is 1140. The highest BCUT2D eigenvalue weighted by Crippen LogP contribution is 2.24. The summed E-state index contributed by atoms with van der Waals surface area (Å²) in [5.74, 6) is -0.324. The molecular formula is C18H13N5O2S. The molecule has 0 saturated carbocycles. The maximum atomic E-state index is 12.4. The van der Waals surface area contributed by atoms with Crippen molar-refractivity contribution in [2.75, 3.05) is 5.32 Å². The lowest BCUT2D eigenvalue weighted by Crippen LogP contribution is -2.27. The van der Waals surface area contributed by atoms with Gasteiger partial charge in [0.2, 0.25) is 5.91 Å². The topological polar surface area (TPSA) is 89.8 Å². The minimum Gasteiger partial charge on any atom is -0.300 e. The summed E-state index contributed by atoms with van der Waals surface area (Å²) in [6, 6.07) is 10.9. The molecule has 0 aliphatic carbocycles. The van der Waals surface area contributed by atoms with Crippen LogP contribution in [0.5, 0.6) is 0 Å². The number of benzene rings is 1. The van der Waals surface area contributed by atoms with E-state index in [1.54, 1.807) is 30.6 Å². The van der Waals surface area contributed by atoms with Crippen molar-refractivity contribution in [3.8, 4) is 11.3 Å². The summed E-state index contributed by atoms with van der Waals surface area (Å²) in [5, 5.41) is 5.06. The van der Waals surface area contributed by atoms with Gasteiger partial charge in [-0.2, -0.15) is 0 Å². The maximum Gasteiger partial charge on any atom is 0.269 e. The summed E-state index contributed by atoms with van der Waals surface area (Å²) >= 11 is 1.32. The van der Waals surface area contributed by atoms with E-state index >= 15 is 0 Å². The number of nitrogens with zero attached hydrogens (tertiary/aromatic N) is 4. The zero-order valence-corrected chi connectivity index (χ0v) is 14.3. The van der Waals surface area contributed by atoms with Crippen LogP contribution < -0.4 is 10.9 Å². The van der Waals surface area contributed by atoms with E-state index in [-0.39, 0.29) is 18.0 Å². The van der Waals surface area contributed by atoms with E-state index in [0.29, 0.717) is 16.2 Å². The summed E-state index contributed by atoms with van der Waals surface area (Å²) in [5.41, 5.74) is 2.57. The van der Waals surface area contributed by atoms with Crippen molar-refractivity contribution in [2.45, 2.75) is 6.54 Å². The average molecular weight is 363 g/mol. The molecule has 26 heavy (non-hydrogen) atoms. The third kappa shape index (κ3) is 3.22. The molecule has 0 atom stereocenters. The molecule has 4 rings (SSSR count). The highest BCUT2D eigenvalue weighted by Gasteiger charge is 2.11. The molecule has 3 heterocycles. The van der Waals surface area contributed by atoms with Crippen molar-refractivity contribution in [2.24, 2.45) is 0 Å². The molecule has 4 aromatic rings. The number of aromatic nitrogens is 4. The zero-order chi connectivity index (χ0) is 17.9. The second kappa shape index (κ2) is 6.85. The first kappa shape index (κ1) is 16.1. The van der Waals surface area contributed by atoms with E-state index in [1.807, 2.05) is 23.6 Å². The number of nitrogens with one attached hydrogen (secondary N) is 1. The van der Waals surface area contributed by atoms with Gasteiger partial charge in [-0.3, -0.25) is 19.1 Å². The predicted octanol–water partition coefficient (Wildman–Crippen LogP) is 2.55. The van der Waals surface area contributed by atoms with Crippen LogP contribution in [0.3, 0.4) is 0 Å². The highest BCUT2D eigenvalue weighted by atomic mass is 32.1. The van der Waals surface area contributed by atoms with E-state index in [2.05, 4.69) is 20.3 Å². The Balaban J connectivity index is 1.55. The molecule has 128 valence electrons. The van der Waals surface area contributed by atoms with Crippen molar-refractivity contribution in [1.82, 2.24) is 19.5 Å². The van der Waals surface area contributed by atoms with Crippen LogP contribution in [0.1, 0.15) is 0 Å². The van der Waals surface area contributed by atoms with Gasteiger partial charge in [-0.15, -0.1) is 11.3 Å². The van der Waals surface area contributed by atoms with Crippen molar-refractivity contribution in [1.29, 1.82) is 0 Å². The zero-order valence-electron chi connectivity index (χ0n) is 13.5. The largest absolute Gasteiger partial charge is 0.300 e. The van der Waals surface area contributed by atoms with Crippen molar-refractivity contribution in [3.05, 3.63) is 70.7 Å². The number of fused-ring (bicyclic) bond motifs is 1. The molecular weight excluding hydrogens is 350 g/mol. The van der Waals surface area contributed by atoms with E-state index < -0.39 is 0 Å². The normalized spacial score (nSPS) is 10.8. The number of hydrogen-bond acceptors (Lipinski definition) is 6. The molecule has 0 radical (unpaired) electrons. The summed E-state index contributed by atoms with van der Waals surface area (Å²) < 4.78 is 1.40. The fourth-order valence-electron chi connectivity index (χ4n) is 2.56. The first-order chi connectivity index (χ1) is 12.7. The molecule has 1 aromatic carbocycles. The lowest BCUT2D eigenvalue weighted by Gasteiger charge is -2.08. The number of amides is 1. The second-order valence-corrected chi connectivity index (χ2v) is 6.36. The Hall–Kier alpha value is -3.39. The van der Waals surface area contributed by atoms with Crippen LogP contribution >= 0.6 is 11.3 Å². The van der Waals surface area contributed by atoms with Gasteiger partial charge in [0.25, 0.3) is 5.56 Å². The van der Waals surface area contributed by atoms with Crippen LogP contribution in [0.4, 0.5) is 5.13 Å². The monoisotopic (exact) mass is 363 g/mol. The smallest absolute Gasteiger partial charge is 0.269 e. The quantitative estimate of drug-likeness (QED) is 0.602. The summed E-state index contributed by atoms with van der Waals surface area (Å²) in [6.07, 6.45) is 4.62. The van der Waals surface area contributed by atoms with Gasteiger partial charge in [0.05, 0.1) is 22.9 Å². The SMILES string of the molecule is O=C(Cn1c(=O)cnc2ccccc21)Nc1nc(-c2cccnc2)cs1. The third-order valence-electron chi connectivity index (χ3n) is 3.76. The fourth-order valence-corrected chi connectivity index (χ4v) is 3.29. The maximum absolute atomic E-state index is 12.4. The van der Waals surface area contributed by atoms with Gasteiger partial charge in [0.15, 0.2) is 5.13 Å². The second-order valence-electron chi connectivity index (χ2n) is 5.50. The van der Waals surface area contributed by atoms with Crippen LogP contribution in [0.2, 0.25) is 0 Å². The Morgan fingerprint density at radius 3 is 2.88 bits per heavy atom. The number of anilines is 1. The van der Waals surface area contributed by atoms with Crippen molar-refractivity contribution < 1.29 is 4.79 Å². The van der Waals surface area contributed by atoms with E-state index in [1.165, 1.54) is 22.1 Å². The first-order valence-corrected chi connectivity index (χ1v) is 8.69. The molecule has 8 heteroatoms. The fraction of sp³-hybridized carbons (Fsp3) is 0.0556. The summed E-state index contributed by atoms with van der Waals surface area (Å²) in [6.45, 7) is -0.107. The molecule has 0 bridgehead atoms. The van der Waals surface area contributed by atoms with Gasteiger partial charge in [0.1, 0.15) is 6.54 Å². The third-order valence-corrected chi connectivity index (χ3v) is 4.52. The van der Waals surface area contributed by atoms with Gasteiger partial charge in [0, 0.05) is 23.3 Å². The Morgan fingerprint density at radius 2 is 2.04 bits per heavy atom. The Kier molecular flexibility index (Phi) is 4.24. The number of para-hydroxylation sites is 2. The molecule has 3 aromatic heterocycles. The standard InChI is InChI=1S/C18H13N5O2S/c24-16(10-23-15-6-2-1-5-13(15)20-9-17(23)25)22-18-21-14(11-26-18)12-4-3-7-19-8-12/h1-9,11H,10H2,(H,21,22,24). The summed E-state index contributed by atoms with van der Waals surface area (Å²) in [7, 11) is 0. The molecule has 0 aliphatic heterocycles. The number of thiazole rings is 1. The van der Waals surface area contributed by atoms with E-state index in [4.69, 9.17) is 0 Å². The molecule has 0 fully saturated rings. The van der Waals surface area contributed by atoms with Crippen LogP contribution in [0.25, 0.3) is 22.3 Å². The van der Waals surface area contributed by atoms with Gasteiger partial charge in [-0.1, -0.05) is 12.1 Å². The molecule has 0 unspecified atom stereocenters. The van der Waals surface area contributed by atoms with E-state index in [0.717, 1.165) is 11.3 Å². The molecule has 1 amide bonds. The van der Waals surface area contributed by atoms with Gasteiger partial charge in [-0.05, 0) is 24.3 Å². The van der Waals surface area contributed by atoms with Crippen LogP contribution in [-0.2, 0) is 11.3 Å². The van der Waals surface area contributed by atoms with Crippen LogP contribution in [0.15, 0.2) is 65.2 Å². The van der Waals surface area contributed by atoms with Crippen LogP contribution in [-0.4, -0.2) is 25.4 Å². The summed E-state index contributed by atoms with van der Waals surface area (Å²) in [4.78, 5) is 37.0. The van der Waals surface area contributed by atoms with Gasteiger partial charge < -0.3 is 5.32 Å². The molecule has 1 N–H and O–H groups in total. The lowest BCUT2D eigenvalue weighted by molar-refractivity contribution is -0.116. The number of rotatable bonds is 4. The Morgan fingerprint density at radius 1 is 1.15 bits per heavy atom. The molecule has 0 spiro atoms. The molecule has 0 saturated heterocycles. The number of carbonyl (C=O) groups is 1. The number of hydrogen-bond donors (Lipinski definition) is 1. The number of carbonyl (C=O) groups excluding carboxylic acids is 1. The van der Waals surface area contributed by atoms with Crippen molar-refractivity contribution >= 4 is 33.4 Å². The number of pyridine rings is 1. The van der Waals surface area contributed by atoms with Gasteiger partial charge >= 0.3 is 0 Å². The first-order valence-electron chi connectivity index (χ1n) is 7.81. The predicted molar refractivity (Wildman–Crippen MR) is 100.0 cm³/mol. The van der Waals surface area contributed by atoms with Gasteiger partial charge in [-0.25, -0.2) is 9.97 Å². The minimum absolute atomic E-state index is 0.107. The van der Waals surface area contributed by atoms with Crippen LogP contribution in [0, 0.1) is 0 Å². The molecule has 0 aliphatic rings. The Labute approximate surface area is 152 Å². The van der Waals surface area contributed by atoms with E-state index in [9.17, 15) is 9.59 Å². The minimum atomic E-state index is -0.325. The average Bonchev–Trinajstić information content (AvgIpc) is 3.13. The van der Waals surface area contributed by atoms with Crippen molar-refractivity contribution in [3.63, 3.8) is 0 Å². The highest BCUT2D eigenvalue weighted by molar-refractivity contribution is 7.14.